The standard InChI is InChI=1S/C12H15FN2O3S/c1-12(2,3)19(17)15-7-10-9(13)5-8(6-14-10)11(16)18-4/h5-7H,1-4H3/b15-7+/t19-/m0/s1. The minimum atomic E-state index is -1.49. The molecule has 0 spiro atoms. The summed E-state index contributed by atoms with van der Waals surface area (Å²) < 4.78 is 33.0. The van der Waals surface area contributed by atoms with Crippen LogP contribution in [0.2, 0.25) is 0 Å². The molecule has 0 aliphatic rings. The molecule has 0 amide bonds. The van der Waals surface area contributed by atoms with Gasteiger partial charge in [0, 0.05) is 6.20 Å². The highest BCUT2D eigenvalue weighted by Crippen LogP contribution is 2.17. The Hall–Kier alpha value is -1.47. The average molecular weight is 286 g/mol. The van der Waals surface area contributed by atoms with Gasteiger partial charge in [-0.2, -0.15) is 0 Å². The molecule has 19 heavy (non-hydrogen) atoms. The maximum atomic E-state index is 13.6. The molecule has 0 aromatic carbocycles. The summed E-state index contributed by atoms with van der Waals surface area (Å²) in [6.45, 7) is 5.26. The second-order valence-electron chi connectivity index (χ2n) is 4.68. The van der Waals surface area contributed by atoms with Crippen LogP contribution in [0.15, 0.2) is 16.7 Å². The Balaban J connectivity index is 2.92. The Morgan fingerprint density at radius 2 is 2.21 bits per heavy atom. The summed E-state index contributed by atoms with van der Waals surface area (Å²) in [6, 6.07) is 1.00. The van der Waals surface area contributed by atoms with Crippen molar-refractivity contribution in [2.45, 2.75) is 25.5 Å². The predicted molar refractivity (Wildman–Crippen MR) is 71.0 cm³/mol. The van der Waals surface area contributed by atoms with E-state index >= 15 is 0 Å². The lowest BCUT2D eigenvalue weighted by atomic mass is 10.2. The Labute approximate surface area is 114 Å². The van der Waals surface area contributed by atoms with Crippen LogP contribution < -0.4 is 0 Å². The van der Waals surface area contributed by atoms with Crippen molar-refractivity contribution in [1.82, 2.24) is 4.98 Å². The highest BCUT2D eigenvalue weighted by Gasteiger charge is 2.26. The van der Waals surface area contributed by atoms with Crippen LogP contribution in [0.1, 0.15) is 36.8 Å². The molecular weight excluding hydrogens is 271 g/mol. The van der Waals surface area contributed by atoms with Crippen LogP contribution in [-0.4, -0.2) is 33.6 Å². The molecule has 0 fully saturated rings. The predicted octanol–water partition coefficient (Wildman–Crippen LogP) is 1.89. The number of methoxy groups -OCH3 is 1. The molecule has 0 unspecified atom stereocenters. The Bertz CT molecular complexity index is 500. The number of hydrogen-bond donors (Lipinski definition) is 0. The van der Waals surface area contributed by atoms with Gasteiger partial charge in [-0.1, -0.05) is 4.40 Å². The number of ether oxygens (including phenoxy) is 1. The van der Waals surface area contributed by atoms with E-state index in [1.807, 2.05) is 0 Å². The Kier molecular flexibility index (Phi) is 5.02. The van der Waals surface area contributed by atoms with Crippen molar-refractivity contribution >= 4 is 23.5 Å². The molecule has 0 bridgehead atoms. The number of nitrogens with zero attached hydrogens (tertiary/aromatic N) is 2. The first-order chi connectivity index (χ1) is 8.75. The summed E-state index contributed by atoms with van der Waals surface area (Å²) in [5.41, 5.74) is -0.0700. The fourth-order valence-corrected chi connectivity index (χ4v) is 1.54. The number of carbonyl (C=O) groups excluding carboxylic acids is 1. The van der Waals surface area contributed by atoms with Crippen molar-refractivity contribution in [1.29, 1.82) is 0 Å². The summed E-state index contributed by atoms with van der Waals surface area (Å²) in [7, 11) is 1.20. The van der Waals surface area contributed by atoms with Gasteiger partial charge in [0.05, 0.1) is 12.7 Å². The molecule has 0 radical (unpaired) electrons. The second kappa shape index (κ2) is 6.12. The minimum Gasteiger partial charge on any atom is -0.591 e. The van der Waals surface area contributed by atoms with E-state index in [1.165, 1.54) is 13.3 Å². The molecule has 1 heterocycles. The third kappa shape index (κ3) is 4.29. The number of pyridine rings is 1. The summed E-state index contributed by atoms with van der Waals surface area (Å²) in [4.78, 5) is 14.9. The molecule has 7 heteroatoms. The average Bonchev–Trinajstić information content (AvgIpc) is 2.34. The van der Waals surface area contributed by atoms with Crippen molar-refractivity contribution in [3.8, 4) is 0 Å². The fraction of sp³-hybridized carbons (Fsp3) is 0.417. The van der Waals surface area contributed by atoms with Gasteiger partial charge in [-0.25, -0.2) is 9.18 Å². The van der Waals surface area contributed by atoms with Gasteiger partial charge in [-0.05, 0) is 26.8 Å². The zero-order valence-electron chi connectivity index (χ0n) is 11.1. The molecule has 1 aromatic rings. The summed E-state index contributed by atoms with van der Waals surface area (Å²) >= 11 is -1.49. The normalized spacial score (nSPS) is 13.6. The molecule has 104 valence electrons. The number of hydrogen-bond acceptors (Lipinski definition) is 5. The lowest BCUT2D eigenvalue weighted by Gasteiger charge is -2.17. The van der Waals surface area contributed by atoms with Gasteiger partial charge in [0.1, 0.15) is 28.0 Å². The van der Waals surface area contributed by atoms with Gasteiger partial charge < -0.3 is 9.29 Å². The van der Waals surface area contributed by atoms with Gasteiger partial charge in [0.2, 0.25) is 0 Å². The van der Waals surface area contributed by atoms with Crippen molar-refractivity contribution in [3.05, 3.63) is 29.3 Å². The smallest absolute Gasteiger partial charge is 0.339 e. The van der Waals surface area contributed by atoms with Crippen LogP contribution in [0.5, 0.6) is 0 Å². The van der Waals surface area contributed by atoms with Crippen LogP contribution in [0.4, 0.5) is 4.39 Å². The molecule has 0 N–H and O–H groups in total. The lowest BCUT2D eigenvalue weighted by molar-refractivity contribution is 0.0599. The van der Waals surface area contributed by atoms with Gasteiger partial charge in [0.25, 0.3) is 0 Å². The largest absolute Gasteiger partial charge is 0.591 e. The number of aromatic nitrogens is 1. The monoisotopic (exact) mass is 286 g/mol. The maximum absolute atomic E-state index is 13.6. The topological polar surface area (TPSA) is 74.6 Å². The Morgan fingerprint density at radius 3 is 2.68 bits per heavy atom. The molecule has 0 aliphatic carbocycles. The number of esters is 1. The van der Waals surface area contributed by atoms with Crippen molar-refractivity contribution < 1.29 is 18.5 Å². The molecule has 0 aliphatic heterocycles. The van der Waals surface area contributed by atoms with Gasteiger partial charge in [0.15, 0.2) is 5.82 Å². The molecule has 1 atom stereocenters. The van der Waals surface area contributed by atoms with Crippen LogP contribution in [0, 0.1) is 5.82 Å². The van der Waals surface area contributed by atoms with E-state index in [0.29, 0.717) is 0 Å². The zero-order valence-corrected chi connectivity index (χ0v) is 12.0. The second-order valence-corrected chi connectivity index (χ2v) is 6.61. The van der Waals surface area contributed by atoms with Crippen LogP contribution in [-0.2, 0) is 16.1 Å². The third-order valence-electron chi connectivity index (χ3n) is 2.09. The third-order valence-corrected chi connectivity index (χ3v) is 3.43. The molecular formula is C12H15FN2O3S. The van der Waals surface area contributed by atoms with Gasteiger partial charge in [-0.3, -0.25) is 4.98 Å². The van der Waals surface area contributed by atoms with E-state index in [-0.39, 0.29) is 11.3 Å². The van der Waals surface area contributed by atoms with Gasteiger partial charge in [-0.15, -0.1) is 0 Å². The van der Waals surface area contributed by atoms with Crippen LogP contribution in [0.25, 0.3) is 0 Å². The van der Waals surface area contributed by atoms with E-state index in [1.54, 1.807) is 20.8 Å². The molecule has 0 saturated carbocycles. The first-order valence-corrected chi connectivity index (χ1v) is 6.56. The fourth-order valence-electron chi connectivity index (χ4n) is 1.03. The van der Waals surface area contributed by atoms with E-state index in [2.05, 4.69) is 14.1 Å². The van der Waals surface area contributed by atoms with Crippen LogP contribution >= 0.6 is 0 Å². The van der Waals surface area contributed by atoms with E-state index in [4.69, 9.17) is 0 Å². The van der Waals surface area contributed by atoms with E-state index < -0.39 is 27.9 Å². The van der Waals surface area contributed by atoms with E-state index in [9.17, 15) is 13.7 Å². The maximum Gasteiger partial charge on any atom is 0.339 e. The van der Waals surface area contributed by atoms with Crippen molar-refractivity contribution in [2.75, 3.05) is 7.11 Å². The molecule has 1 rings (SSSR count). The van der Waals surface area contributed by atoms with Gasteiger partial charge >= 0.3 is 5.97 Å². The summed E-state index contributed by atoms with van der Waals surface area (Å²) in [5, 5.41) is 0. The molecule has 5 nitrogen and oxygen atoms in total. The highest BCUT2D eigenvalue weighted by atomic mass is 32.2. The SMILES string of the molecule is COC(=O)c1cnc(/C=N/[S@@+]([O-])C(C)(C)C)c(F)c1. The Morgan fingerprint density at radius 1 is 1.58 bits per heavy atom. The summed E-state index contributed by atoms with van der Waals surface area (Å²) in [5.74, 6) is -1.40. The van der Waals surface area contributed by atoms with E-state index in [0.717, 1.165) is 12.3 Å². The quantitative estimate of drug-likeness (QED) is 0.483. The number of halogens is 1. The molecule has 0 saturated heterocycles. The summed E-state index contributed by atoms with van der Waals surface area (Å²) in [6.07, 6.45) is 2.27. The molecule has 1 aromatic heterocycles. The lowest BCUT2D eigenvalue weighted by Crippen LogP contribution is -2.26. The highest BCUT2D eigenvalue weighted by molar-refractivity contribution is 7.91. The first kappa shape index (κ1) is 15.6. The first-order valence-electron chi connectivity index (χ1n) is 5.45. The van der Waals surface area contributed by atoms with Crippen molar-refractivity contribution in [3.63, 3.8) is 0 Å². The number of rotatable bonds is 3. The zero-order chi connectivity index (χ0) is 14.6. The minimum absolute atomic E-state index is 0.00842. The van der Waals surface area contributed by atoms with Crippen LogP contribution in [0.3, 0.4) is 0 Å². The van der Waals surface area contributed by atoms with Crippen molar-refractivity contribution in [2.24, 2.45) is 4.40 Å². The number of carbonyl (C=O) groups is 1.